The predicted octanol–water partition coefficient (Wildman–Crippen LogP) is 1.21. The number of benzene rings is 1. The number of carbonyl (C=O) groups excluding carboxylic acids is 1. The van der Waals surface area contributed by atoms with E-state index in [0.717, 1.165) is 6.42 Å². The van der Waals surface area contributed by atoms with Crippen LogP contribution in [0.15, 0.2) is 29.2 Å². The van der Waals surface area contributed by atoms with Crippen LogP contribution in [-0.4, -0.2) is 45.4 Å². The van der Waals surface area contributed by atoms with E-state index in [2.05, 4.69) is 11.6 Å². The van der Waals surface area contributed by atoms with Gasteiger partial charge in [0.1, 0.15) is 0 Å². The highest BCUT2D eigenvalue weighted by Crippen LogP contribution is 2.28. The quantitative estimate of drug-likeness (QED) is 0.798. The van der Waals surface area contributed by atoms with Crippen LogP contribution in [0.2, 0.25) is 5.02 Å². The Morgan fingerprint density at radius 2 is 2.22 bits per heavy atom. The number of likely N-dealkylation sites (tertiary alicyclic amines) is 1. The van der Waals surface area contributed by atoms with E-state index < -0.39 is 10.0 Å². The third-order valence-electron chi connectivity index (χ3n) is 4.14. The minimum atomic E-state index is -3.65. The van der Waals surface area contributed by atoms with E-state index in [0.29, 0.717) is 24.7 Å². The van der Waals surface area contributed by atoms with Crippen LogP contribution >= 0.6 is 11.6 Å². The maximum atomic E-state index is 12.2. The molecule has 1 fully saturated rings. The zero-order valence-electron chi connectivity index (χ0n) is 13.1. The average molecular weight is 360 g/mol. The second-order valence-corrected chi connectivity index (χ2v) is 8.39. The Morgan fingerprint density at radius 3 is 2.83 bits per heavy atom. The lowest BCUT2D eigenvalue weighted by Crippen LogP contribution is -2.36. The lowest BCUT2D eigenvalue weighted by Gasteiger charge is -2.22. The first-order chi connectivity index (χ1) is 10.8. The molecule has 128 valence electrons. The minimum Gasteiger partial charge on any atom is -0.342 e. The summed E-state index contributed by atoms with van der Waals surface area (Å²) < 4.78 is 26.7. The highest BCUT2D eigenvalue weighted by Gasteiger charge is 2.34. The number of sulfonamides is 1. The van der Waals surface area contributed by atoms with Gasteiger partial charge in [-0.05, 0) is 36.6 Å². The fourth-order valence-corrected chi connectivity index (χ4v) is 3.90. The van der Waals surface area contributed by atoms with E-state index in [1.165, 1.54) is 12.1 Å². The minimum absolute atomic E-state index is 0.0318. The molecule has 1 aliphatic rings. The molecule has 1 unspecified atom stereocenters. The molecule has 1 atom stereocenters. The predicted molar refractivity (Wildman–Crippen MR) is 89.6 cm³/mol. The first-order valence-electron chi connectivity index (χ1n) is 7.49. The van der Waals surface area contributed by atoms with Crippen LogP contribution in [0, 0.1) is 5.41 Å². The summed E-state index contributed by atoms with van der Waals surface area (Å²) in [7, 11) is -3.65. The maximum absolute atomic E-state index is 12.2. The topological polar surface area (TPSA) is 92.5 Å². The van der Waals surface area contributed by atoms with E-state index in [1.54, 1.807) is 17.0 Å². The summed E-state index contributed by atoms with van der Waals surface area (Å²) in [5.41, 5.74) is 5.69. The van der Waals surface area contributed by atoms with Crippen LogP contribution in [0.3, 0.4) is 0 Å². The van der Waals surface area contributed by atoms with Crippen molar-refractivity contribution >= 4 is 27.5 Å². The summed E-state index contributed by atoms with van der Waals surface area (Å²) in [6.07, 6.45) is 1.00. The van der Waals surface area contributed by atoms with Gasteiger partial charge in [0.15, 0.2) is 0 Å². The molecule has 0 aliphatic carbocycles. The van der Waals surface area contributed by atoms with Gasteiger partial charge in [0.25, 0.3) is 0 Å². The Balaban J connectivity index is 1.86. The molecule has 0 saturated carbocycles. The van der Waals surface area contributed by atoms with Gasteiger partial charge in [0.2, 0.25) is 15.9 Å². The standard InChI is InChI=1S/C15H22ClN3O3S/c1-15(10-17)6-8-19(11-15)14(20)5-7-18-23(21,22)13-4-2-3-12(16)9-13/h2-4,9,18H,5-8,10-11,17H2,1H3. The molecule has 8 heteroatoms. The van der Waals surface area contributed by atoms with Crippen LogP contribution in [0.5, 0.6) is 0 Å². The number of amides is 1. The molecule has 1 saturated heterocycles. The summed E-state index contributed by atoms with van der Waals surface area (Å²) in [5, 5.41) is 0.349. The first kappa shape index (κ1) is 18.2. The molecule has 1 aromatic rings. The Hall–Kier alpha value is -1.15. The molecule has 0 bridgehead atoms. The van der Waals surface area contributed by atoms with Crippen molar-refractivity contribution in [3.8, 4) is 0 Å². The van der Waals surface area contributed by atoms with Gasteiger partial charge < -0.3 is 10.6 Å². The van der Waals surface area contributed by atoms with Crippen molar-refractivity contribution < 1.29 is 13.2 Å². The van der Waals surface area contributed by atoms with E-state index in [9.17, 15) is 13.2 Å². The lowest BCUT2D eigenvalue weighted by molar-refractivity contribution is -0.130. The van der Waals surface area contributed by atoms with Crippen molar-refractivity contribution in [1.82, 2.24) is 9.62 Å². The third kappa shape index (κ3) is 4.67. The van der Waals surface area contributed by atoms with Crippen molar-refractivity contribution in [3.63, 3.8) is 0 Å². The first-order valence-corrected chi connectivity index (χ1v) is 9.35. The van der Waals surface area contributed by atoms with E-state index in [4.69, 9.17) is 17.3 Å². The smallest absolute Gasteiger partial charge is 0.240 e. The van der Waals surface area contributed by atoms with Gasteiger partial charge in [-0.25, -0.2) is 13.1 Å². The van der Waals surface area contributed by atoms with Crippen molar-refractivity contribution in [2.45, 2.75) is 24.7 Å². The molecule has 3 N–H and O–H groups in total. The molecule has 23 heavy (non-hydrogen) atoms. The number of halogens is 1. The monoisotopic (exact) mass is 359 g/mol. The zero-order chi connectivity index (χ0) is 17.1. The van der Waals surface area contributed by atoms with Crippen molar-refractivity contribution in [1.29, 1.82) is 0 Å². The molecular formula is C15H22ClN3O3S. The van der Waals surface area contributed by atoms with Gasteiger partial charge in [-0.2, -0.15) is 0 Å². The average Bonchev–Trinajstić information content (AvgIpc) is 2.90. The number of nitrogens with one attached hydrogen (secondary N) is 1. The zero-order valence-corrected chi connectivity index (χ0v) is 14.7. The molecule has 2 rings (SSSR count). The van der Waals surface area contributed by atoms with Gasteiger partial charge in [0.05, 0.1) is 4.90 Å². The van der Waals surface area contributed by atoms with Crippen molar-refractivity contribution in [2.75, 3.05) is 26.2 Å². The SMILES string of the molecule is CC1(CN)CCN(C(=O)CCNS(=O)(=O)c2cccc(Cl)c2)C1. The van der Waals surface area contributed by atoms with Crippen LogP contribution < -0.4 is 10.5 Å². The van der Waals surface area contributed by atoms with Crippen LogP contribution in [-0.2, 0) is 14.8 Å². The number of carbonyl (C=O) groups is 1. The number of nitrogens with zero attached hydrogens (tertiary/aromatic N) is 1. The number of nitrogens with two attached hydrogens (primary N) is 1. The van der Waals surface area contributed by atoms with Gasteiger partial charge in [-0.3, -0.25) is 4.79 Å². The Labute approximate surface area is 142 Å². The van der Waals surface area contributed by atoms with E-state index in [-0.39, 0.29) is 29.2 Å². The molecule has 0 radical (unpaired) electrons. The van der Waals surface area contributed by atoms with Crippen LogP contribution in [0.4, 0.5) is 0 Å². The highest BCUT2D eigenvalue weighted by atomic mass is 35.5. The van der Waals surface area contributed by atoms with Gasteiger partial charge in [0, 0.05) is 31.1 Å². The number of hydrogen-bond donors (Lipinski definition) is 2. The number of hydrogen-bond acceptors (Lipinski definition) is 4. The third-order valence-corrected chi connectivity index (χ3v) is 5.83. The van der Waals surface area contributed by atoms with E-state index >= 15 is 0 Å². The molecular weight excluding hydrogens is 338 g/mol. The highest BCUT2D eigenvalue weighted by molar-refractivity contribution is 7.89. The van der Waals surface area contributed by atoms with Crippen molar-refractivity contribution in [3.05, 3.63) is 29.3 Å². The lowest BCUT2D eigenvalue weighted by atomic mass is 9.90. The molecule has 1 aromatic carbocycles. The van der Waals surface area contributed by atoms with Gasteiger partial charge >= 0.3 is 0 Å². The largest absolute Gasteiger partial charge is 0.342 e. The molecule has 6 nitrogen and oxygen atoms in total. The second kappa shape index (κ2) is 7.17. The summed E-state index contributed by atoms with van der Waals surface area (Å²) >= 11 is 5.80. The molecule has 0 aromatic heterocycles. The molecule has 1 amide bonds. The maximum Gasteiger partial charge on any atom is 0.240 e. The summed E-state index contributed by atoms with van der Waals surface area (Å²) in [4.78, 5) is 14.0. The summed E-state index contributed by atoms with van der Waals surface area (Å²) in [6, 6.07) is 6.01. The van der Waals surface area contributed by atoms with Crippen LogP contribution in [0.1, 0.15) is 19.8 Å². The normalized spacial score (nSPS) is 21.6. The van der Waals surface area contributed by atoms with E-state index in [1.807, 2.05) is 0 Å². The van der Waals surface area contributed by atoms with Gasteiger partial charge in [-0.1, -0.05) is 24.6 Å². The Morgan fingerprint density at radius 1 is 1.48 bits per heavy atom. The summed E-state index contributed by atoms with van der Waals surface area (Å²) in [6.45, 7) is 3.96. The van der Waals surface area contributed by atoms with Crippen LogP contribution in [0.25, 0.3) is 0 Å². The summed E-state index contributed by atoms with van der Waals surface area (Å²) in [5.74, 6) is -0.0593. The number of rotatable bonds is 6. The molecule has 1 aliphatic heterocycles. The fraction of sp³-hybridized carbons (Fsp3) is 0.533. The Kier molecular flexibility index (Phi) is 5.67. The second-order valence-electron chi connectivity index (χ2n) is 6.19. The van der Waals surface area contributed by atoms with Gasteiger partial charge in [-0.15, -0.1) is 0 Å². The molecule has 0 spiro atoms. The Bertz CT molecular complexity index is 680. The fourth-order valence-electron chi connectivity index (χ4n) is 2.57. The van der Waals surface area contributed by atoms with Crippen molar-refractivity contribution in [2.24, 2.45) is 11.1 Å². The molecule has 1 heterocycles.